The number of benzene rings is 3. The molecule has 0 radical (unpaired) electrons. The summed E-state index contributed by atoms with van der Waals surface area (Å²) in [6, 6.07) is 23.6. The molecule has 1 heterocycles. The zero-order valence-electron chi connectivity index (χ0n) is 23.2. The van der Waals surface area contributed by atoms with Crippen LogP contribution in [-0.4, -0.2) is 28.8 Å². The number of nitrogen functional groups attached to an aromatic ring is 1. The molecule has 0 amide bonds. The number of allylic oxidation sites excluding steroid dienone is 1. The van der Waals surface area contributed by atoms with E-state index in [1.807, 2.05) is 91.6 Å². The molecule has 0 fully saturated rings. The maximum absolute atomic E-state index is 7.05. The summed E-state index contributed by atoms with van der Waals surface area (Å²) in [5.41, 5.74) is 13.4. The van der Waals surface area contributed by atoms with Gasteiger partial charge < -0.3 is 15.2 Å². The Morgan fingerprint density at radius 1 is 0.875 bits per heavy atom. The summed E-state index contributed by atoms with van der Waals surface area (Å²) < 4.78 is 12.9. The lowest BCUT2D eigenvalue weighted by Crippen LogP contribution is -2.26. The van der Waals surface area contributed by atoms with Gasteiger partial charge in [0.05, 0.1) is 48.4 Å². The fraction of sp³-hybridized carbons (Fsp3) is 0.125. The van der Waals surface area contributed by atoms with Crippen LogP contribution >= 0.6 is 0 Å². The Morgan fingerprint density at radius 3 is 2.05 bits per heavy atom. The van der Waals surface area contributed by atoms with Gasteiger partial charge in [0.1, 0.15) is 11.5 Å². The summed E-state index contributed by atoms with van der Waals surface area (Å²) in [7, 11) is 5.27. The summed E-state index contributed by atoms with van der Waals surface area (Å²) in [5, 5.41) is 7.03. The highest BCUT2D eigenvalue weighted by molar-refractivity contribution is 6.08. The molecule has 2 aliphatic rings. The van der Waals surface area contributed by atoms with Crippen LogP contribution in [0.5, 0.6) is 11.5 Å². The molecule has 0 saturated carbocycles. The highest BCUT2D eigenvalue weighted by Crippen LogP contribution is 2.43. The van der Waals surface area contributed by atoms with Gasteiger partial charge >= 0.3 is 0 Å². The molecule has 5 N–H and O–H groups in total. The Labute approximate surface area is 233 Å². The molecule has 3 aromatic rings. The van der Waals surface area contributed by atoms with Crippen molar-refractivity contribution in [1.29, 1.82) is 0 Å². The zero-order chi connectivity index (χ0) is 28.4. The number of aryl methyl sites for hydroxylation is 1. The number of anilines is 3. The third-order valence-electron chi connectivity index (χ3n) is 7.01. The van der Waals surface area contributed by atoms with Crippen molar-refractivity contribution in [2.24, 2.45) is 12.9 Å². The van der Waals surface area contributed by atoms with Crippen molar-refractivity contribution >= 4 is 40.0 Å². The van der Waals surface area contributed by atoms with E-state index in [1.54, 1.807) is 25.3 Å². The number of rotatable bonds is 7. The van der Waals surface area contributed by atoms with Gasteiger partial charge in [-0.1, -0.05) is 49.1 Å². The lowest BCUT2D eigenvalue weighted by atomic mass is 9.95. The number of aromatic amines is 1. The predicted molar refractivity (Wildman–Crippen MR) is 166 cm³/mol. The van der Waals surface area contributed by atoms with E-state index in [2.05, 4.69) is 28.5 Å². The average Bonchev–Trinajstić information content (AvgIpc) is 3.33. The molecule has 3 aromatic carbocycles. The molecule has 0 saturated heterocycles. The standard InChI is InChI=1S/C32H34N6O2/c1-6-10-27-25(7-2)29(33)31(37(34)21-13-17-23(39-4)18-14-21)28-12-9-8-11-26(28)30-32(27)38(36(3)35-30)22-15-19-24(40-5)20-16-22/h6-20,35H,2,33-34H2,1,3-5H3/b10-6-,27-25?,29-25?,30-26?,31-28?,31-29?,32-27?. The summed E-state index contributed by atoms with van der Waals surface area (Å²) in [6.07, 6.45) is 5.84. The highest BCUT2D eigenvalue weighted by Gasteiger charge is 2.24. The van der Waals surface area contributed by atoms with Crippen molar-refractivity contribution in [1.82, 2.24) is 14.6 Å². The third kappa shape index (κ3) is 4.44. The minimum atomic E-state index is 0.504. The SMILES string of the molecule is C=Cc1c(N)c(N(N)c2ccc(OC)cc2)c2ccccc2c2[nH]n(C)n(-c3ccc(OC)cc3)c-2c1/C=C\C. The monoisotopic (exact) mass is 534 g/mol. The number of hydrazine groups is 1. The van der Waals surface area contributed by atoms with Crippen molar-refractivity contribution < 1.29 is 9.47 Å². The molecule has 0 spiro atoms. The number of aromatic nitrogens is 3. The molecule has 40 heavy (non-hydrogen) atoms. The van der Waals surface area contributed by atoms with Gasteiger partial charge in [0.25, 0.3) is 0 Å². The molecule has 8 nitrogen and oxygen atoms in total. The average molecular weight is 535 g/mol. The second-order valence-electron chi connectivity index (χ2n) is 9.28. The van der Waals surface area contributed by atoms with E-state index in [9.17, 15) is 0 Å². The lowest BCUT2D eigenvalue weighted by molar-refractivity contribution is 0.414. The van der Waals surface area contributed by atoms with Crippen LogP contribution in [0.25, 0.3) is 40.0 Å². The first-order valence-electron chi connectivity index (χ1n) is 12.9. The van der Waals surface area contributed by atoms with Crippen LogP contribution in [0.1, 0.15) is 18.1 Å². The zero-order valence-corrected chi connectivity index (χ0v) is 23.2. The van der Waals surface area contributed by atoms with Gasteiger partial charge in [-0.15, -0.1) is 0 Å². The number of H-pyrrole nitrogens is 1. The lowest BCUT2D eigenvalue weighted by Gasteiger charge is -2.24. The topological polar surface area (TPSA) is 99.4 Å². The molecule has 5 rings (SSSR count). The second kappa shape index (κ2) is 11.0. The molecule has 0 unspecified atom stereocenters. The number of nitrogens with one attached hydrogen (secondary N) is 1. The van der Waals surface area contributed by atoms with Crippen LogP contribution in [0.2, 0.25) is 0 Å². The number of methoxy groups -OCH3 is 2. The Hall–Kier alpha value is -5.08. The Kier molecular flexibility index (Phi) is 7.27. The maximum Gasteiger partial charge on any atom is 0.119 e. The number of ether oxygens (including phenoxy) is 2. The van der Waals surface area contributed by atoms with Crippen LogP contribution in [0.15, 0.2) is 85.5 Å². The van der Waals surface area contributed by atoms with E-state index in [0.717, 1.165) is 56.2 Å². The smallest absolute Gasteiger partial charge is 0.119 e. The van der Waals surface area contributed by atoms with Gasteiger partial charge in [-0.3, -0.25) is 10.1 Å². The van der Waals surface area contributed by atoms with E-state index in [0.29, 0.717) is 11.4 Å². The Morgan fingerprint density at radius 2 is 1.48 bits per heavy atom. The van der Waals surface area contributed by atoms with E-state index in [4.69, 9.17) is 21.1 Å². The fourth-order valence-corrected chi connectivity index (χ4v) is 5.12. The largest absolute Gasteiger partial charge is 0.497 e. The molecule has 0 aromatic heterocycles. The van der Waals surface area contributed by atoms with Gasteiger partial charge in [-0.05, 0) is 55.5 Å². The maximum atomic E-state index is 7.05. The van der Waals surface area contributed by atoms with Crippen molar-refractivity contribution in [3.8, 4) is 28.6 Å². The summed E-state index contributed by atoms with van der Waals surface area (Å²) >= 11 is 0. The number of nitrogens with two attached hydrogens (primary N) is 2. The molecular weight excluding hydrogens is 500 g/mol. The normalized spacial score (nSPS) is 11.2. The van der Waals surface area contributed by atoms with Gasteiger partial charge in [-0.2, -0.15) is 0 Å². The molecular formula is C32H34N6O2. The van der Waals surface area contributed by atoms with Crippen LogP contribution in [0.3, 0.4) is 0 Å². The number of hydrogen-bond acceptors (Lipinski definition) is 5. The molecule has 1 aliphatic heterocycles. The van der Waals surface area contributed by atoms with E-state index in [1.165, 1.54) is 0 Å². The first kappa shape index (κ1) is 26.5. The van der Waals surface area contributed by atoms with Gasteiger partial charge in [0, 0.05) is 28.9 Å². The molecule has 0 atom stereocenters. The van der Waals surface area contributed by atoms with Crippen LogP contribution in [0.4, 0.5) is 17.1 Å². The van der Waals surface area contributed by atoms with Crippen molar-refractivity contribution in [3.05, 3.63) is 96.6 Å². The molecule has 1 aliphatic carbocycles. The van der Waals surface area contributed by atoms with E-state index < -0.39 is 0 Å². The van der Waals surface area contributed by atoms with Crippen molar-refractivity contribution in [2.75, 3.05) is 25.0 Å². The highest BCUT2D eigenvalue weighted by atomic mass is 16.5. The first-order chi connectivity index (χ1) is 19.4. The molecule has 0 bridgehead atoms. The minimum Gasteiger partial charge on any atom is -0.497 e. The van der Waals surface area contributed by atoms with Crippen molar-refractivity contribution in [3.63, 3.8) is 0 Å². The fourth-order valence-electron chi connectivity index (χ4n) is 5.12. The molecule has 8 heteroatoms. The van der Waals surface area contributed by atoms with Gasteiger partial charge in [0.15, 0.2) is 0 Å². The van der Waals surface area contributed by atoms with Crippen molar-refractivity contribution in [2.45, 2.75) is 6.92 Å². The quantitative estimate of drug-likeness (QED) is 0.157. The summed E-state index contributed by atoms with van der Waals surface area (Å²) in [6.45, 7) is 6.15. The van der Waals surface area contributed by atoms with Crippen LogP contribution < -0.4 is 26.1 Å². The Balaban J connectivity index is 1.95. The minimum absolute atomic E-state index is 0.504. The van der Waals surface area contributed by atoms with Crippen LogP contribution in [0, 0.1) is 0 Å². The number of nitrogens with zero attached hydrogens (tertiary/aromatic N) is 3. The third-order valence-corrected chi connectivity index (χ3v) is 7.01. The summed E-state index contributed by atoms with van der Waals surface area (Å²) in [4.78, 5) is 1.96. The predicted octanol–water partition coefficient (Wildman–Crippen LogP) is 6.81. The number of fused-ring (bicyclic) bond motifs is 3. The first-order valence-corrected chi connectivity index (χ1v) is 12.9. The van der Waals surface area contributed by atoms with Gasteiger partial charge in [-0.25, -0.2) is 15.3 Å². The van der Waals surface area contributed by atoms with Gasteiger partial charge in [0.2, 0.25) is 0 Å². The summed E-state index contributed by atoms with van der Waals surface area (Å²) in [5.74, 6) is 8.37. The van der Waals surface area contributed by atoms with E-state index >= 15 is 0 Å². The number of hydrogen-bond donors (Lipinski definition) is 3. The molecule has 204 valence electrons. The van der Waals surface area contributed by atoms with Crippen LogP contribution in [-0.2, 0) is 7.05 Å². The second-order valence-corrected chi connectivity index (χ2v) is 9.28. The Bertz CT molecular complexity index is 1720. The van der Waals surface area contributed by atoms with E-state index in [-0.39, 0.29) is 0 Å².